The van der Waals surface area contributed by atoms with Crippen molar-refractivity contribution >= 4 is 23.5 Å². The number of amides is 2. The first kappa shape index (κ1) is 26.8. The van der Waals surface area contributed by atoms with Crippen LogP contribution >= 0.6 is 0 Å². The van der Waals surface area contributed by atoms with Gasteiger partial charge in [0, 0.05) is 37.1 Å². The molecule has 1 unspecified atom stereocenters. The number of aromatic nitrogens is 2. The lowest BCUT2D eigenvalue weighted by Crippen LogP contribution is -2.28. The third-order valence-corrected chi connectivity index (χ3v) is 6.39. The van der Waals surface area contributed by atoms with Crippen LogP contribution in [0.25, 0.3) is 16.9 Å². The molecule has 3 N–H and O–H groups in total. The molecule has 4 aromatic rings. The van der Waals surface area contributed by atoms with E-state index in [9.17, 15) is 22.8 Å². The Kier molecular flexibility index (Phi) is 7.18. The summed E-state index contributed by atoms with van der Waals surface area (Å²) in [6.45, 7) is 0.200. The van der Waals surface area contributed by atoms with Crippen molar-refractivity contribution in [2.24, 2.45) is 0 Å². The molecule has 0 spiro atoms. The lowest BCUT2D eigenvalue weighted by Gasteiger charge is -2.20. The number of hydrogen-bond acceptors (Lipinski definition) is 6. The van der Waals surface area contributed by atoms with E-state index in [-0.39, 0.29) is 17.7 Å². The molecule has 0 bridgehead atoms. The minimum absolute atomic E-state index is 0.0561. The van der Waals surface area contributed by atoms with Crippen molar-refractivity contribution in [1.82, 2.24) is 25.1 Å². The number of anilines is 1. The number of imidazole rings is 1. The van der Waals surface area contributed by atoms with E-state index in [4.69, 9.17) is 4.98 Å². The van der Waals surface area contributed by atoms with Gasteiger partial charge in [0.05, 0.1) is 18.7 Å². The number of carbonyl (C=O) groups is 2. The lowest BCUT2D eigenvalue weighted by molar-refractivity contribution is -0.138. The Labute approximate surface area is 227 Å². The molecular formula is C28H25F3N6O3. The summed E-state index contributed by atoms with van der Waals surface area (Å²) in [4.78, 5) is 29.6. The van der Waals surface area contributed by atoms with E-state index in [1.165, 1.54) is 13.2 Å². The molecule has 206 valence electrons. The molecular weight excluding hydrogens is 525 g/mol. The van der Waals surface area contributed by atoms with Crippen LogP contribution in [0.2, 0.25) is 0 Å². The second-order valence-electron chi connectivity index (χ2n) is 9.10. The van der Waals surface area contributed by atoms with Gasteiger partial charge in [0.25, 0.3) is 5.91 Å². The molecule has 9 nitrogen and oxygen atoms in total. The summed E-state index contributed by atoms with van der Waals surface area (Å²) < 4.78 is 47.7. The number of benzene rings is 2. The molecule has 1 atom stereocenters. The number of alkyl halides is 3. The van der Waals surface area contributed by atoms with E-state index >= 15 is 0 Å². The van der Waals surface area contributed by atoms with Gasteiger partial charge in [0.2, 0.25) is 0 Å². The third-order valence-electron chi connectivity index (χ3n) is 6.39. The zero-order valence-electron chi connectivity index (χ0n) is 21.5. The molecule has 0 fully saturated rings. The van der Waals surface area contributed by atoms with Crippen molar-refractivity contribution in [2.75, 3.05) is 19.5 Å². The molecule has 0 saturated heterocycles. The van der Waals surface area contributed by atoms with Gasteiger partial charge in [0.15, 0.2) is 0 Å². The van der Waals surface area contributed by atoms with E-state index < -0.39 is 29.8 Å². The maximum absolute atomic E-state index is 13.8. The van der Waals surface area contributed by atoms with Gasteiger partial charge in [-0.05, 0) is 47.5 Å². The summed E-state index contributed by atoms with van der Waals surface area (Å²) >= 11 is 0. The molecule has 0 radical (unpaired) electrons. The Balaban J connectivity index is 1.52. The number of hydrogen-bond donors (Lipinski definition) is 3. The van der Waals surface area contributed by atoms with Gasteiger partial charge in [-0.1, -0.05) is 30.3 Å². The van der Waals surface area contributed by atoms with E-state index in [2.05, 4.69) is 20.8 Å². The highest BCUT2D eigenvalue weighted by Crippen LogP contribution is 2.37. The zero-order chi connectivity index (χ0) is 28.4. The number of rotatable bonds is 6. The Bertz CT molecular complexity index is 1600. The van der Waals surface area contributed by atoms with Gasteiger partial charge in [-0.15, -0.1) is 0 Å². The Morgan fingerprint density at radius 1 is 1.10 bits per heavy atom. The summed E-state index contributed by atoms with van der Waals surface area (Å²) in [6.07, 6.45) is -0.260. The highest BCUT2D eigenvalue weighted by molar-refractivity contribution is 6.06. The molecule has 40 heavy (non-hydrogen) atoms. The van der Waals surface area contributed by atoms with Crippen molar-refractivity contribution in [3.8, 4) is 11.3 Å². The minimum Gasteiger partial charge on any atom is -0.453 e. The lowest BCUT2D eigenvalue weighted by atomic mass is 9.97. The van der Waals surface area contributed by atoms with Crippen LogP contribution in [0.1, 0.15) is 33.1 Å². The molecule has 12 heteroatoms. The average Bonchev–Trinajstić information content (AvgIpc) is 3.54. The number of halogens is 3. The molecule has 2 amide bonds. The first-order chi connectivity index (χ1) is 19.1. The summed E-state index contributed by atoms with van der Waals surface area (Å²) in [6, 6.07) is 15.3. The van der Waals surface area contributed by atoms with Gasteiger partial charge in [0.1, 0.15) is 17.2 Å². The van der Waals surface area contributed by atoms with Crippen LogP contribution in [-0.4, -0.2) is 40.6 Å². The maximum atomic E-state index is 13.8. The molecule has 2 aromatic carbocycles. The van der Waals surface area contributed by atoms with Crippen molar-refractivity contribution in [3.63, 3.8) is 0 Å². The van der Waals surface area contributed by atoms with Crippen LogP contribution in [0.3, 0.4) is 0 Å². The van der Waals surface area contributed by atoms with Crippen LogP contribution in [0.15, 0.2) is 79.1 Å². The van der Waals surface area contributed by atoms with Gasteiger partial charge < -0.3 is 20.4 Å². The first-order valence-electron chi connectivity index (χ1n) is 12.2. The van der Waals surface area contributed by atoms with Crippen LogP contribution in [0.4, 0.5) is 23.8 Å². The predicted molar refractivity (Wildman–Crippen MR) is 142 cm³/mol. The number of nitrogens with one attached hydrogen (secondary N) is 3. The van der Waals surface area contributed by atoms with Crippen molar-refractivity contribution in [2.45, 2.75) is 18.8 Å². The molecule has 1 aliphatic rings. The number of ether oxygens (including phenoxy) is 1. The zero-order valence-corrected chi connectivity index (χ0v) is 21.5. The van der Waals surface area contributed by atoms with Gasteiger partial charge >= 0.3 is 12.3 Å². The van der Waals surface area contributed by atoms with E-state index in [1.54, 1.807) is 47.1 Å². The highest BCUT2D eigenvalue weighted by Gasteiger charge is 2.36. The van der Waals surface area contributed by atoms with Crippen molar-refractivity contribution < 1.29 is 27.5 Å². The maximum Gasteiger partial charge on any atom is 0.416 e. The fourth-order valence-corrected chi connectivity index (χ4v) is 4.45. The number of carbonyl (C=O) groups excluding carboxylic acids is 2. The number of nitrogens with zero attached hydrogens (tertiary/aromatic N) is 3. The number of fused-ring (bicyclic) bond motifs is 1. The van der Waals surface area contributed by atoms with Crippen LogP contribution in [-0.2, 0) is 17.5 Å². The smallest absolute Gasteiger partial charge is 0.416 e. The monoisotopic (exact) mass is 550 g/mol. The van der Waals surface area contributed by atoms with Crippen LogP contribution in [0, 0.1) is 0 Å². The summed E-state index contributed by atoms with van der Waals surface area (Å²) in [5.74, 6) is -0.250. The molecule has 0 aliphatic carbocycles. The number of hydrazine groups is 1. The van der Waals surface area contributed by atoms with Gasteiger partial charge in [-0.2, -0.15) is 13.2 Å². The normalized spacial score (nSPS) is 14.9. The average molecular weight is 551 g/mol. The van der Waals surface area contributed by atoms with Crippen molar-refractivity contribution in [1.29, 1.82) is 0 Å². The topological polar surface area (TPSA) is 100 Å². The predicted octanol–water partition coefficient (Wildman–Crippen LogP) is 5.13. The highest BCUT2D eigenvalue weighted by atomic mass is 19.4. The number of alkyl carbamates (subject to hydrolysis) is 1. The molecule has 5 rings (SSSR count). The Morgan fingerprint density at radius 2 is 1.88 bits per heavy atom. The van der Waals surface area contributed by atoms with E-state index in [0.717, 1.165) is 23.3 Å². The fourth-order valence-electron chi connectivity index (χ4n) is 4.45. The second kappa shape index (κ2) is 10.7. The van der Waals surface area contributed by atoms with E-state index in [0.29, 0.717) is 17.2 Å². The van der Waals surface area contributed by atoms with Crippen molar-refractivity contribution in [3.05, 3.63) is 101 Å². The third kappa shape index (κ3) is 5.47. The molecule has 3 heterocycles. The first-order valence-corrected chi connectivity index (χ1v) is 12.2. The molecule has 1 aliphatic heterocycles. The number of methoxy groups -OCH3 is 1. The summed E-state index contributed by atoms with van der Waals surface area (Å²) in [5, 5.41) is 7.01. The van der Waals surface area contributed by atoms with Crippen LogP contribution in [0.5, 0.6) is 0 Å². The number of pyridine rings is 1. The van der Waals surface area contributed by atoms with Crippen LogP contribution < -0.4 is 16.1 Å². The van der Waals surface area contributed by atoms with Gasteiger partial charge in [-0.25, -0.2) is 15.2 Å². The minimum atomic E-state index is -4.59. The van der Waals surface area contributed by atoms with Gasteiger partial charge in [-0.3, -0.25) is 9.20 Å². The standard InChI is InChI=1S/C28H25F3N6O3/c1-36-12-11-22(35-36)20-15-19(8-9-21(20)28(29,30)31)26(38)34-25-24(18-6-4-3-5-7-18)33-23-14-17(10-13-37(23)25)16-32-27(39)40-2/h3-15,22,35H,16H2,1-2H3,(H,32,39)(H,34,38). The Hall–Kier alpha value is -4.84. The van der Waals surface area contributed by atoms with E-state index in [1.807, 2.05) is 30.3 Å². The summed E-state index contributed by atoms with van der Waals surface area (Å²) in [5.41, 5.74) is 4.53. The summed E-state index contributed by atoms with van der Waals surface area (Å²) in [7, 11) is 2.94. The SMILES string of the molecule is COC(=O)NCc1ccn2c(NC(=O)c3ccc(C(F)(F)F)c(C4C=CN(C)N4)c3)c(-c3ccccc3)nc2c1. The largest absolute Gasteiger partial charge is 0.453 e. The molecule has 2 aromatic heterocycles. The fraction of sp³-hybridized carbons (Fsp3) is 0.179. The second-order valence-corrected chi connectivity index (χ2v) is 9.10. The quantitative estimate of drug-likeness (QED) is 0.308. The Morgan fingerprint density at radius 3 is 2.55 bits per heavy atom. The molecule has 0 saturated carbocycles.